The Labute approximate surface area is 158 Å². The Morgan fingerprint density at radius 1 is 1.23 bits per heavy atom. The number of benzene rings is 1. The van der Waals surface area contributed by atoms with Crippen molar-refractivity contribution in [2.24, 2.45) is 11.3 Å². The average molecular weight is 381 g/mol. The highest BCUT2D eigenvalue weighted by molar-refractivity contribution is 6.34. The number of carbonyl (C=O) groups is 3. The van der Waals surface area contributed by atoms with Crippen molar-refractivity contribution in [3.05, 3.63) is 28.8 Å². The van der Waals surface area contributed by atoms with Gasteiger partial charge in [-0.2, -0.15) is 0 Å². The van der Waals surface area contributed by atoms with E-state index in [2.05, 4.69) is 10.6 Å². The van der Waals surface area contributed by atoms with E-state index in [1.54, 1.807) is 18.2 Å². The molecule has 2 atom stereocenters. The number of aliphatic carboxylic acids is 1. The molecular weight excluding hydrogens is 356 g/mol. The third-order valence-corrected chi connectivity index (χ3v) is 4.63. The van der Waals surface area contributed by atoms with Crippen molar-refractivity contribution in [1.82, 2.24) is 5.32 Å². The molecule has 6 nitrogen and oxygen atoms in total. The molecule has 1 saturated carbocycles. The lowest BCUT2D eigenvalue weighted by Crippen LogP contribution is -2.33. The Balaban J connectivity index is 2.03. The van der Waals surface area contributed by atoms with Crippen LogP contribution in [-0.2, 0) is 9.59 Å². The average Bonchev–Trinajstić information content (AvgIpc) is 2.96. The molecule has 1 aromatic rings. The van der Waals surface area contributed by atoms with Crippen LogP contribution in [0.15, 0.2) is 18.2 Å². The highest BCUT2D eigenvalue weighted by Crippen LogP contribution is 2.27. The van der Waals surface area contributed by atoms with E-state index in [9.17, 15) is 14.4 Å². The Kier molecular flexibility index (Phi) is 6.29. The first-order valence-electron chi connectivity index (χ1n) is 8.68. The van der Waals surface area contributed by atoms with Gasteiger partial charge in [0.05, 0.1) is 16.5 Å². The number of rotatable bonds is 5. The summed E-state index contributed by atoms with van der Waals surface area (Å²) in [6, 6.07) is 4.58. The highest BCUT2D eigenvalue weighted by Gasteiger charge is 2.31. The summed E-state index contributed by atoms with van der Waals surface area (Å²) in [5.74, 6) is -1.74. The molecule has 1 aliphatic carbocycles. The number of hydrogen-bond donors (Lipinski definition) is 3. The molecule has 3 N–H and O–H groups in total. The molecule has 26 heavy (non-hydrogen) atoms. The summed E-state index contributed by atoms with van der Waals surface area (Å²) in [6.45, 7) is 5.91. The van der Waals surface area contributed by atoms with E-state index in [0.29, 0.717) is 31.4 Å². The van der Waals surface area contributed by atoms with E-state index in [1.807, 2.05) is 20.8 Å². The fraction of sp³-hybridized carbons (Fsp3) is 0.526. The van der Waals surface area contributed by atoms with Gasteiger partial charge in [-0.15, -0.1) is 0 Å². The first kappa shape index (κ1) is 20.2. The third-order valence-electron chi connectivity index (χ3n) is 4.30. The van der Waals surface area contributed by atoms with Crippen molar-refractivity contribution >= 4 is 35.1 Å². The maximum Gasteiger partial charge on any atom is 0.306 e. The smallest absolute Gasteiger partial charge is 0.306 e. The van der Waals surface area contributed by atoms with Crippen LogP contribution in [0.2, 0.25) is 5.02 Å². The van der Waals surface area contributed by atoms with Gasteiger partial charge in [0.15, 0.2) is 0 Å². The van der Waals surface area contributed by atoms with Crippen LogP contribution in [0, 0.1) is 11.3 Å². The predicted molar refractivity (Wildman–Crippen MR) is 100 cm³/mol. The first-order chi connectivity index (χ1) is 12.0. The minimum atomic E-state index is -0.830. The van der Waals surface area contributed by atoms with Crippen molar-refractivity contribution < 1.29 is 19.5 Å². The lowest BCUT2D eigenvalue weighted by molar-refractivity contribution is -0.141. The predicted octanol–water partition coefficient (Wildman–Crippen LogP) is 3.70. The quantitative estimate of drug-likeness (QED) is 0.725. The molecule has 0 heterocycles. The number of hydrogen-bond acceptors (Lipinski definition) is 3. The molecule has 7 heteroatoms. The number of carbonyl (C=O) groups excluding carboxylic acids is 2. The van der Waals surface area contributed by atoms with Gasteiger partial charge in [0.1, 0.15) is 0 Å². The zero-order valence-corrected chi connectivity index (χ0v) is 16.0. The summed E-state index contributed by atoms with van der Waals surface area (Å²) >= 11 is 6.13. The summed E-state index contributed by atoms with van der Waals surface area (Å²) < 4.78 is 0. The minimum absolute atomic E-state index is 0.133. The number of amides is 2. The Bertz CT molecular complexity index is 712. The van der Waals surface area contributed by atoms with Crippen molar-refractivity contribution in [3.63, 3.8) is 0 Å². The van der Waals surface area contributed by atoms with E-state index >= 15 is 0 Å². The van der Waals surface area contributed by atoms with Gasteiger partial charge in [-0.1, -0.05) is 32.4 Å². The highest BCUT2D eigenvalue weighted by atomic mass is 35.5. The molecule has 0 unspecified atom stereocenters. The molecule has 142 valence electrons. The largest absolute Gasteiger partial charge is 0.481 e. The monoisotopic (exact) mass is 380 g/mol. The zero-order valence-electron chi connectivity index (χ0n) is 15.3. The standard InChI is InChI=1S/C19H25ClN2O4/c1-19(2,3)10-16(23)21-13-6-7-15(20)14(9-13)17(24)22-12-5-4-11(8-12)18(25)26/h6-7,9,11-12H,4-5,8,10H2,1-3H3,(H,21,23)(H,22,24)(H,25,26)/t11-,12+/m0/s1. The molecular formula is C19H25ClN2O4. The van der Waals surface area contributed by atoms with Gasteiger partial charge in [-0.25, -0.2) is 0 Å². The first-order valence-corrected chi connectivity index (χ1v) is 9.06. The van der Waals surface area contributed by atoms with Crippen LogP contribution in [0.5, 0.6) is 0 Å². The van der Waals surface area contributed by atoms with Gasteiger partial charge in [0.2, 0.25) is 5.91 Å². The van der Waals surface area contributed by atoms with Crippen molar-refractivity contribution in [2.75, 3.05) is 5.32 Å². The van der Waals surface area contributed by atoms with Gasteiger partial charge in [-0.3, -0.25) is 14.4 Å². The molecule has 2 amide bonds. The normalized spacial score (nSPS) is 19.8. The topological polar surface area (TPSA) is 95.5 Å². The number of halogens is 1. The lowest BCUT2D eigenvalue weighted by atomic mass is 9.92. The maximum atomic E-state index is 12.5. The maximum absolute atomic E-state index is 12.5. The molecule has 1 fully saturated rings. The van der Waals surface area contributed by atoms with Crippen LogP contribution in [0.3, 0.4) is 0 Å². The summed E-state index contributed by atoms with van der Waals surface area (Å²) in [6.07, 6.45) is 1.95. The number of nitrogens with one attached hydrogen (secondary N) is 2. The molecule has 2 rings (SSSR count). The SMILES string of the molecule is CC(C)(C)CC(=O)Nc1ccc(Cl)c(C(=O)N[C@@H]2CC[C@H](C(=O)O)C2)c1. The van der Waals surface area contributed by atoms with Crippen molar-refractivity contribution in [2.45, 2.75) is 52.5 Å². The summed E-state index contributed by atoms with van der Waals surface area (Å²) in [4.78, 5) is 35.6. The van der Waals surface area contributed by atoms with Gasteiger partial charge in [0.25, 0.3) is 5.91 Å². The van der Waals surface area contributed by atoms with E-state index < -0.39 is 11.9 Å². The third kappa shape index (κ3) is 5.73. The second kappa shape index (κ2) is 8.08. The van der Waals surface area contributed by atoms with Gasteiger partial charge < -0.3 is 15.7 Å². The van der Waals surface area contributed by atoms with Crippen LogP contribution >= 0.6 is 11.6 Å². The van der Waals surface area contributed by atoms with Gasteiger partial charge >= 0.3 is 5.97 Å². The molecule has 0 radical (unpaired) electrons. The molecule has 1 aromatic carbocycles. The number of carboxylic acid groups (broad SMARTS) is 1. The van der Waals surface area contributed by atoms with Crippen LogP contribution in [0.1, 0.15) is 56.8 Å². The van der Waals surface area contributed by atoms with Gasteiger partial charge in [0, 0.05) is 18.2 Å². The second-order valence-electron chi connectivity index (χ2n) is 8.00. The Morgan fingerprint density at radius 2 is 1.92 bits per heavy atom. The lowest BCUT2D eigenvalue weighted by Gasteiger charge is -2.18. The summed E-state index contributed by atoms with van der Waals surface area (Å²) in [7, 11) is 0. The fourth-order valence-electron chi connectivity index (χ4n) is 3.06. The number of anilines is 1. The van der Waals surface area contributed by atoms with Crippen LogP contribution in [0.4, 0.5) is 5.69 Å². The Hall–Kier alpha value is -2.08. The van der Waals surface area contributed by atoms with Crippen LogP contribution in [-0.4, -0.2) is 28.9 Å². The van der Waals surface area contributed by atoms with Gasteiger partial charge in [-0.05, 0) is 42.9 Å². The number of carboxylic acids is 1. The molecule has 0 bridgehead atoms. The Morgan fingerprint density at radius 3 is 2.50 bits per heavy atom. The molecule has 1 aliphatic rings. The molecule has 0 aromatic heterocycles. The summed E-state index contributed by atoms with van der Waals surface area (Å²) in [5.41, 5.74) is 0.627. The van der Waals surface area contributed by atoms with E-state index in [-0.39, 0.29) is 33.9 Å². The second-order valence-corrected chi connectivity index (χ2v) is 8.41. The zero-order chi connectivity index (χ0) is 19.5. The minimum Gasteiger partial charge on any atom is -0.481 e. The summed E-state index contributed by atoms with van der Waals surface area (Å²) in [5, 5.41) is 15.0. The molecule has 0 spiro atoms. The van der Waals surface area contributed by atoms with Crippen molar-refractivity contribution in [3.8, 4) is 0 Å². The van der Waals surface area contributed by atoms with Crippen LogP contribution in [0.25, 0.3) is 0 Å². The van der Waals surface area contributed by atoms with E-state index in [4.69, 9.17) is 16.7 Å². The van der Waals surface area contributed by atoms with E-state index in [0.717, 1.165) is 0 Å². The molecule has 0 aliphatic heterocycles. The van der Waals surface area contributed by atoms with E-state index in [1.165, 1.54) is 0 Å². The van der Waals surface area contributed by atoms with Crippen LogP contribution < -0.4 is 10.6 Å². The molecule has 0 saturated heterocycles. The fourth-order valence-corrected chi connectivity index (χ4v) is 3.27. The van der Waals surface area contributed by atoms with Crippen molar-refractivity contribution in [1.29, 1.82) is 0 Å².